The summed E-state index contributed by atoms with van der Waals surface area (Å²) in [6.45, 7) is 12.2. The maximum absolute atomic E-state index is 12.9. The van der Waals surface area contributed by atoms with Gasteiger partial charge in [-0.3, -0.25) is 4.79 Å². The van der Waals surface area contributed by atoms with Crippen molar-refractivity contribution in [2.45, 2.75) is 63.9 Å². The predicted octanol–water partition coefficient (Wildman–Crippen LogP) is 1.00. The first-order valence-electron chi connectivity index (χ1n) is 9.91. The number of carbonyl (C=O) groups is 1. The van der Waals surface area contributed by atoms with Crippen molar-refractivity contribution in [1.29, 1.82) is 0 Å². The van der Waals surface area contributed by atoms with Crippen LogP contribution in [-0.4, -0.2) is 56.9 Å². The summed E-state index contributed by atoms with van der Waals surface area (Å²) in [4.78, 5) is 13.7. The number of piperazine rings is 1. The molecule has 152 valence electrons. The summed E-state index contributed by atoms with van der Waals surface area (Å²) in [5, 5.41) is 2.93. The number of sulfonamides is 1. The number of hydrogen-bond acceptors (Lipinski definition) is 3. The highest BCUT2D eigenvalue weighted by Crippen LogP contribution is 2.22. The molecule has 0 spiro atoms. The summed E-state index contributed by atoms with van der Waals surface area (Å²) in [6.07, 6.45) is 1.03. The molecule has 6 nitrogen and oxygen atoms in total. The van der Waals surface area contributed by atoms with Gasteiger partial charge in [0.05, 0.1) is 31.1 Å². The first kappa shape index (κ1) is 21.9. The number of carbonyl (C=O) groups excluding carboxylic acids is 1. The van der Waals surface area contributed by atoms with E-state index in [4.69, 9.17) is 0 Å². The monoisotopic (exact) mass is 396 g/mol. The molecule has 0 aromatic heterocycles. The minimum Gasteiger partial charge on any atom is -0.349 e. The fourth-order valence-corrected chi connectivity index (χ4v) is 4.84. The van der Waals surface area contributed by atoms with E-state index >= 15 is 0 Å². The van der Waals surface area contributed by atoms with Crippen LogP contribution in [0.25, 0.3) is 0 Å². The minimum absolute atomic E-state index is 0.0249. The summed E-state index contributed by atoms with van der Waals surface area (Å²) in [5.41, 5.74) is 1.16. The van der Waals surface area contributed by atoms with Gasteiger partial charge in [0.15, 0.2) is 6.04 Å². The second-order valence-electron chi connectivity index (χ2n) is 7.83. The average Bonchev–Trinajstić information content (AvgIpc) is 2.66. The molecule has 1 fully saturated rings. The molecule has 0 bridgehead atoms. The maximum Gasteiger partial charge on any atom is 0.278 e. The molecule has 1 aliphatic heterocycles. The number of nitrogens with zero attached hydrogens (tertiary/aromatic N) is 1. The third-order valence-electron chi connectivity index (χ3n) is 5.50. The highest BCUT2D eigenvalue weighted by molar-refractivity contribution is 7.89. The lowest BCUT2D eigenvalue weighted by atomic mass is 9.99. The smallest absolute Gasteiger partial charge is 0.278 e. The molecule has 0 unspecified atom stereocenters. The van der Waals surface area contributed by atoms with E-state index in [2.05, 4.69) is 19.2 Å². The van der Waals surface area contributed by atoms with E-state index in [0.29, 0.717) is 37.0 Å². The molecule has 1 saturated heterocycles. The van der Waals surface area contributed by atoms with Gasteiger partial charge in [0.2, 0.25) is 10.0 Å². The molecule has 0 radical (unpaired) electrons. The Morgan fingerprint density at radius 3 is 2.15 bits per heavy atom. The average molecular weight is 397 g/mol. The predicted molar refractivity (Wildman–Crippen MR) is 107 cm³/mol. The van der Waals surface area contributed by atoms with Gasteiger partial charge in [0.25, 0.3) is 5.91 Å². The first-order chi connectivity index (χ1) is 12.7. The van der Waals surface area contributed by atoms with Gasteiger partial charge < -0.3 is 10.2 Å². The van der Waals surface area contributed by atoms with Crippen LogP contribution in [0.2, 0.25) is 0 Å². The fourth-order valence-electron chi connectivity index (χ4n) is 3.39. The number of amides is 1. The highest BCUT2D eigenvalue weighted by Gasteiger charge is 2.34. The molecular formula is C20H34N3O3S+. The Hall–Kier alpha value is -1.44. The molecule has 1 amide bonds. The zero-order valence-electron chi connectivity index (χ0n) is 17.2. The van der Waals surface area contributed by atoms with E-state index in [1.165, 1.54) is 0 Å². The van der Waals surface area contributed by atoms with E-state index in [-0.39, 0.29) is 18.0 Å². The van der Waals surface area contributed by atoms with Crippen molar-refractivity contribution in [2.75, 3.05) is 26.2 Å². The summed E-state index contributed by atoms with van der Waals surface area (Å²) >= 11 is 0. The third kappa shape index (κ3) is 5.30. The van der Waals surface area contributed by atoms with Gasteiger partial charge in [0, 0.05) is 6.04 Å². The van der Waals surface area contributed by atoms with Crippen molar-refractivity contribution in [1.82, 2.24) is 9.62 Å². The molecule has 2 rings (SSSR count). The molecule has 1 aromatic carbocycles. The SMILES string of the molecule is CC[C@H](C)c1ccc(S(=O)(=O)N2CC[NH+]([C@@H](C)C(=O)NC(C)C)CC2)cc1. The zero-order chi connectivity index (χ0) is 20.2. The van der Waals surface area contributed by atoms with E-state index in [1.54, 1.807) is 16.4 Å². The molecule has 1 aliphatic rings. The van der Waals surface area contributed by atoms with Crippen molar-refractivity contribution in [3.63, 3.8) is 0 Å². The van der Waals surface area contributed by atoms with Gasteiger partial charge in [0.1, 0.15) is 0 Å². The Kier molecular flexibility index (Phi) is 7.42. The maximum atomic E-state index is 12.9. The van der Waals surface area contributed by atoms with E-state index in [0.717, 1.165) is 16.9 Å². The zero-order valence-corrected chi connectivity index (χ0v) is 18.0. The molecule has 0 saturated carbocycles. The number of rotatable bonds is 7. The molecule has 1 aromatic rings. The van der Waals surface area contributed by atoms with Crippen molar-refractivity contribution in [3.8, 4) is 0 Å². The fraction of sp³-hybridized carbons (Fsp3) is 0.650. The van der Waals surface area contributed by atoms with E-state index < -0.39 is 10.0 Å². The molecule has 7 heteroatoms. The topological polar surface area (TPSA) is 70.9 Å². The van der Waals surface area contributed by atoms with Crippen LogP contribution in [0.5, 0.6) is 0 Å². The van der Waals surface area contributed by atoms with E-state index in [1.807, 2.05) is 32.9 Å². The Bertz CT molecular complexity index is 723. The highest BCUT2D eigenvalue weighted by atomic mass is 32.2. The molecule has 27 heavy (non-hydrogen) atoms. The molecule has 2 N–H and O–H groups in total. The Morgan fingerprint density at radius 2 is 1.67 bits per heavy atom. The molecule has 2 atom stereocenters. The minimum atomic E-state index is -3.48. The van der Waals surface area contributed by atoms with Crippen LogP contribution in [-0.2, 0) is 14.8 Å². The van der Waals surface area contributed by atoms with Gasteiger partial charge >= 0.3 is 0 Å². The van der Waals surface area contributed by atoms with Crippen LogP contribution >= 0.6 is 0 Å². The summed E-state index contributed by atoms with van der Waals surface area (Å²) in [5.74, 6) is 0.448. The molecular weight excluding hydrogens is 362 g/mol. The Balaban J connectivity index is 2.01. The van der Waals surface area contributed by atoms with Gasteiger partial charge in [-0.05, 0) is 50.8 Å². The van der Waals surface area contributed by atoms with Crippen LogP contribution in [0.1, 0.15) is 52.5 Å². The van der Waals surface area contributed by atoms with Gasteiger partial charge in [-0.2, -0.15) is 4.31 Å². The lowest BCUT2D eigenvalue weighted by Crippen LogP contribution is -3.19. The van der Waals surface area contributed by atoms with Crippen LogP contribution in [0.15, 0.2) is 29.2 Å². The second kappa shape index (κ2) is 9.17. The van der Waals surface area contributed by atoms with Crippen molar-refractivity contribution < 1.29 is 18.1 Å². The summed E-state index contributed by atoms with van der Waals surface area (Å²) < 4.78 is 27.4. The van der Waals surface area contributed by atoms with Crippen molar-refractivity contribution in [2.24, 2.45) is 0 Å². The summed E-state index contributed by atoms with van der Waals surface area (Å²) in [7, 11) is -3.48. The van der Waals surface area contributed by atoms with Gasteiger partial charge in [-0.15, -0.1) is 0 Å². The van der Waals surface area contributed by atoms with Crippen LogP contribution in [0, 0.1) is 0 Å². The largest absolute Gasteiger partial charge is 0.349 e. The second-order valence-corrected chi connectivity index (χ2v) is 9.76. The molecule has 0 aliphatic carbocycles. The standard InChI is InChI=1S/C20H33N3O3S/c1-6-16(4)18-7-9-19(10-8-18)27(25,26)23-13-11-22(12-14-23)17(5)20(24)21-15(2)3/h7-10,15-17H,6,11-14H2,1-5H3,(H,21,24)/p+1/t16-,17-/m0/s1. The quantitative estimate of drug-likeness (QED) is 0.722. The number of hydrogen-bond donors (Lipinski definition) is 2. The lowest BCUT2D eigenvalue weighted by Gasteiger charge is -2.34. The normalized spacial score (nSPS) is 19.0. The Morgan fingerprint density at radius 1 is 1.11 bits per heavy atom. The summed E-state index contributed by atoms with van der Waals surface area (Å²) in [6, 6.07) is 7.21. The van der Waals surface area contributed by atoms with Crippen LogP contribution in [0.4, 0.5) is 0 Å². The number of benzene rings is 1. The first-order valence-corrected chi connectivity index (χ1v) is 11.4. The van der Waals surface area contributed by atoms with Gasteiger partial charge in [-0.1, -0.05) is 26.0 Å². The third-order valence-corrected chi connectivity index (χ3v) is 7.41. The van der Waals surface area contributed by atoms with Crippen molar-refractivity contribution in [3.05, 3.63) is 29.8 Å². The van der Waals surface area contributed by atoms with Crippen LogP contribution in [0.3, 0.4) is 0 Å². The number of quaternary nitrogens is 1. The van der Waals surface area contributed by atoms with E-state index in [9.17, 15) is 13.2 Å². The number of nitrogens with one attached hydrogen (secondary N) is 2. The lowest BCUT2D eigenvalue weighted by molar-refractivity contribution is -0.917. The van der Waals surface area contributed by atoms with Crippen molar-refractivity contribution >= 4 is 15.9 Å². The van der Waals surface area contributed by atoms with Gasteiger partial charge in [-0.25, -0.2) is 8.42 Å². The van der Waals surface area contributed by atoms with Crippen LogP contribution < -0.4 is 10.2 Å². The molecule has 1 heterocycles. The Labute approximate surface area is 164 Å².